The standard InChI is InChI=1S/C80H48N4S/c1-5-21-51(22-6-1)81-71-33-17-13-29-55(71)63-41-49(37-39-75(63)81)59-43-69-70-44-60(50-38-40-76-64(42-50)56-30-14-18-34-72(56)82(76)52-23-7-2-8-24-52)62-48-78-66(58-32-16-20-36-74(58)84(78)54-27-11-4-12-28-54)46-68(62)80(70)85-79(69)67-45-65-57-31-15-19-35-73(57)83(77(65)47-61(59)67)53-25-9-3-10-26-53/h1-48H. The minimum atomic E-state index is 1.15. The number of rotatable bonds is 6. The van der Waals surface area contributed by atoms with E-state index in [1.807, 2.05) is 11.3 Å². The minimum Gasteiger partial charge on any atom is -0.309 e. The molecular weight excluding hydrogens is 1050 g/mol. The lowest BCUT2D eigenvalue weighted by Gasteiger charge is -2.14. The quantitative estimate of drug-likeness (QED) is 0.158. The number of thiophene rings is 1. The van der Waals surface area contributed by atoms with Crippen LogP contribution in [0.25, 0.3) is 174 Å². The Morgan fingerprint density at radius 1 is 0.176 bits per heavy atom. The Labute approximate surface area is 491 Å². The topological polar surface area (TPSA) is 19.7 Å². The van der Waals surface area contributed by atoms with E-state index in [2.05, 4.69) is 309 Å². The number of nitrogens with zero attached hydrogens (tertiary/aromatic N) is 4. The van der Waals surface area contributed by atoms with Gasteiger partial charge in [0.05, 0.1) is 44.1 Å². The van der Waals surface area contributed by atoms with Crippen LogP contribution in [0.5, 0.6) is 0 Å². The van der Waals surface area contributed by atoms with E-state index < -0.39 is 0 Å². The lowest BCUT2D eigenvalue weighted by Crippen LogP contribution is -1.94. The second-order valence-corrected chi connectivity index (χ2v) is 23.8. The molecule has 0 amide bonds. The van der Waals surface area contributed by atoms with Crippen molar-refractivity contribution in [2.45, 2.75) is 0 Å². The number of hydrogen-bond acceptors (Lipinski definition) is 1. The third-order valence-electron chi connectivity index (χ3n) is 18.3. The van der Waals surface area contributed by atoms with Crippen LogP contribution in [0.1, 0.15) is 0 Å². The van der Waals surface area contributed by atoms with Gasteiger partial charge in [0.15, 0.2) is 0 Å². The Kier molecular flexibility index (Phi) is 9.74. The Balaban J connectivity index is 0.964. The van der Waals surface area contributed by atoms with Crippen molar-refractivity contribution in [3.8, 4) is 45.0 Å². The second-order valence-electron chi connectivity index (χ2n) is 22.7. The second kappa shape index (κ2) is 17.8. The highest BCUT2D eigenvalue weighted by Crippen LogP contribution is 2.51. The summed E-state index contributed by atoms with van der Waals surface area (Å²) in [4.78, 5) is 0. The molecule has 0 saturated carbocycles. The lowest BCUT2D eigenvalue weighted by molar-refractivity contribution is 1.18. The third kappa shape index (κ3) is 6.67. The van der Waals surface area contributed by atoms with Crippen molar-refractivity contribution >= 4 is 140 Å². The zero-order valence-electron chi connectivity index (χ0n) is 45.9. The average Bonchev–Trinajstić information content (AvgIpc) is 2.09. The van der Waals surface area contributed by atoms with Gasteiger partial charge >= 0.3 is 0 Å². The van der Waals surface area contributed by atoms with E-state index in [0.29, 0.717) is 0 Å². The molecule has 0 aliphatic heterocycles. The normalized spacial score (nSPS) is 12.2. The number of para-hydroxylation sites is 8. The van der Waals surface area contributed by atoms with E-state index in [0.717, 1.165) is 22.7 Å². The molecule has 14 aromatic carbocycles. The van der Waals surface area contributed by atoms with Crippen LogP contribution in [0.15, 0.2) is 291 Å². The van der Waals surface area contributed by atoms with E-state index in [1.165, 1.54) is 151 Å². The van der Waals surface area contributed by atoms with Gasteiger partial charge in [-0.1, -0.05) is 158 Å². The third-order valence-corrected chi connectivity index (χ3v) is 19.6. The van der Waals surface area contributed by atoms with Crippen LogP contribution >= 0.6 is 11.3 Å². The zero-order valence-corrected chi connectivity index (χ0v) is 46.7. The van der Waals surface area contributed by atoms with Crippen LogP contribution in [-0.4, -0.2) is 18.3 Å². The van der Waals surface area contributed by atoms with E-state index >= 15 is 0 Å². The summed E-state index contributed by atoms with van der Waals surface area (Å²) in [5.41, 5.74) is 19.0. The molecule has 85 heavy (non-hydrogen) atoms. The Hall–Kier alpha value is -11.0. The fourth-order valence-corrected chi connectivity index (χ4v) is 15.9. The summed E-state index contributed by atoms with van der Waals surface area (Å²) < 4.78 is 12.3. The summed E-state index contributed by atoms with van der Waals surface area (Å²) in [5, 5.41) is 17.4. The van der Waals surface area contributed by atoms with Crippen LogP contribution in [0.4, 0.5) is 0 Å². The molecule has 0 N–H and O–H groups in total. The summed E-state index contributed by atoms with van der Waals surface area (Å²) in [7, 11) is 0. The molecule has 5 heterocycles. The molecule has 5 heteroatoms. The Bertz CT molecular complexity index is 5630. The molecule has 0 aliphatic carbocycles. The van der Waals surface area contributed by atoms with Crippen molar-refractivity contribution in [2.75, 3.05) is 0 Å². The largest absolute Gasteiger partial charge is 0.309 e. The predicted molar refractivity (Wildman–Crippen MR) is 363 cm³/mol. The molecule has 4 nitrogen and oxygen atoms in total. The van der Waals surface area contributed by atoms with E-state index in [4.69, 9.17) is 0 Å². The average molecular weight is 1100 g/mol. The van der Waals surface area contributed by atoms with Gasteiger partial charge in [0, 0.05) is 96.8 Å². The summed E-state index contributed by atoms with van der Waals surface area (Å²) in [5.74, 6) is 0. The van der Waals surface area contributed by atoms with Crippen molar-refractivity contribution in [1.29, 1.82) is 0 Å². The van der Waals surface area contributed by atoms with Crippen molar-refractivity contribution in [2.24, 2.45) is 0 Å². The molecule has 0 unspecified atom stereocenters. The molecule has 5 aromatic heterocycles. The number of aromatic nitrogens is 4. The summed E-state index contributed by atoms with van der Waals surface area (Å²) >= 11 is 1.95. The molecule has 0 saturated heterocycles. The minimum absolute atomic E-state index is 1.15. The van der Waals surface area contributed by atoms with Crippen molar-refractivity contribution in [1.82, 2.24) is 18.3 Å². The van der Waals surface area contributed by atoms with Crippen LogP contribution < -0.4 is 0 Å². The SMILES string of the molecule is c1ccc(-n2c3ccccc3c3cc(-c4cc5c6cc(-c7ccc8c(c7)c7ccccc7n8-c7ccccc7)c7cc8c(cc7c6sc5c5cc6c7ccccc7n(-c7ccccc7)c6cc45)c4ccccc4n8-c4ccccc4)ccc32)cc1. The molecule has 394 valence electrons. The lowest BCUT2D eigenvalue weighted by atomic mass is 9.91. The Morgan fingerprint density at radius 3 is 0.788 bits per heavy atom. The number of benzene rings is 14. The molecule has 0 spiro atoms. The van der Waals surface area contributed by atoms with Crippen LogP contribution in [0.2, 0.25) is 0 Å². The van der Waals surface area contributed by atoms with Crippen molar-refractivity contribution < 1.29 is 0 Å². The van der Waals surface area contributed by atoms with Gasteiger partial charge in [-0.25, -0.2) is 0 Å². The number of hydrogen-bond donors (Lipinski definition) is 0. The van der Waals surface area contributed by atoms with Gasteiger partial charge in [-0.2, -0.15) is 0 Å². The molecular formula is C80H48N4S. The van der Waals surface area contributed by atoms with Gasteiger partial charge in [-0.3, -0.25) is 0 Å². The van der Waals surface area contributed by atoms with Gasteiger partial charge in [0.2, 0.25) is 0 Å². The van der Waals surface area contributed by atoms with Gasteiger partial charge in [0.25, 0.3) is 0 Å². The molecule has 0 atom stereocenters. The highest BCUT2D eigenvalue weighted by atomic mass is 32.1. The molecule has 0 radical (unpaired) electrons. The zero-order chi connectivity index (χ0) is 55.4. The van der Waals surface area contributed by atoms with E-state index in [1.54, 1.807) is 0 Å². The maximum absolute atomic E-state index is 2.54. The molecule has 19 rings (SSSR count). The Morgan fingerprint density at radius 2 is 0.447 bits per heavy atom. The maximum Gasteiger partial charge on any atom is 0.0547 e. The van der Waals surface area contributed by atoms with Crippen LogP contribution in [0.3, 0.4) is 0 Å². The van der Waals surface area contributed by atoms with Crippen molar-refractivity contribution in [3.05, 3.63) is 291 Å². The highest BCUT2D eigenvalue weighted by Gasteiger charge is 2.25. The summed E-state index contributed by atoms with van der Waals surface area (Å²) in [6.07, 6.45) is 0. The smallest absolute Gasteiger partial charge is 0.0547 e. The molecule has 0 aliphatic rings. The van der Waals surface area contributed by atoms with E-state index in [9.17, 15) is 0 Å². The monoisotopic (exact) mass is 1100 g/mol. The predicted octanol–water partition coefficient (Wildman–Crippen LogP) is 22.1. The summed E-state index contributed by atoms with van der Waals surface area (Å²) in [6, 6.07) is 108. The molecule has 0 bridgehead atoms. The van der Waals surface area contributed by atoms with Gasteiger partial charge in [0.1, 0.15) is 0 Å². The molecule has 19 aromatic rings. The first-order chi connectivity index (χ1) is 42.2. The summed E-state index contributed by atoms with van der Waals surface area (Å²) in [6.45, 7) is 0. The first-order valence-electron chi connectivity index (χ1n) is 29.2. The van der Waals surface area contributed by atoms with E-state index in [-0.39, 0.29) is 0 Å². The highest BCUT2D eigenvalue weighted by molar-refractivity contribution is 7.27. The van der Waals surface area contributed by atoms with Crippen LogP contribution in [-0.2, 0) is 0 Å². The fourth-order valence-electron chi connectivity index (χ4n) is 14.6. The molecule has 0 fully saturated rings. The van der Waals surface area contributed by atoms with Gasteiger partial charge < -0.3 is 18.3 Å². The number of fused-ring (bicyclic) bond motifs is 19. The first-order valence-corrected chi connectivity index (χ1v) is 30.1. The fraction of sp³-hybridized carbons (Fsp3) is 0. The van der Waals surface area contributed by atoms with Gasteiger partial charge in [-0.15, -0.1) is 11.3 Å². The van der Waals surface area contributed by atoms with Crippen LogP contribution in [0, 0.1) is 0 Å². The van der Waals surface area contributed by atoms with Crippen molar-refractivity contribution in [3.63, 3.8) is 0 Å². The first kappa shape index (κ1) is 46.6. The van der Waals surface area contributed by atoms with Gasteiger partial charge in [-0.05, 0) is 166 Å². The maximum atomic E-state index is 2.54.